The van der Waals surface area contributed by atoms with Crippen molar-refractivity contribution in [3.8, 4) is 5.75 Å². The van der Waals surface area contributed by atoms with Gasteiger partial charge in [0.1, 0.15) is 5.75 Å². The van der Waals surface area contributed by atoms with Gasteiger partial charge in [-0.25, -0.2) is 0 Å². The second kappa shape index (κ2) is 6.06. The van der Waals surface area contributed by atoms with E-state index in [1.54, 1.807) is 6.07 Å². The molecule has 1 saturated heterocycles. The van der Waals surface area contributed by atoms with E-state index in [9.17, 15) is 9.90 Å². The third-order valence-electron chi connectivity index (χ3n) is 3.77. The summed E-state index contributed by atoms with van der Waals surface area (Å²) in [6.45, 7) is 4.30. The summed E-state index contributed by atoms with van der Waals surface area (Å²) in [5, 5.41) is 13.2. The molecular weight excluding hydrogens is 240 g/mol. The van der Waals surface area contributed by atoms with Crippen molar-refractivity contribution in [2.24, 2.45) is 5.92 Å². The van der Waals surface area contributed by atoms with Crippen molar-refractivity contribution in [1.82, 2.24) is 10.2 Å². The summed E-state index contributed by atoms with van der Waals surface area (Å²) in [5.74, 6) is 0.569. The first kappa shape index (κ1) is 13.9. The Morgan fingerprint density at radius 3 is 3.05 bits per heavy atom. The van der Waals surface area contributed by atoms with Crippen LogP contribution in [-0.2, 0) is 0 Å². The number of likely N-dealkylation sites (tertiary alicyclic amines) is 1. The fourth-order valence-electron chi connectivity index (χ4n) is 2.71. The maximum atomic E-state index is 12.5. The molecule has 0 saturated carbocycles. The molecule has 1 aliphatic heterocycles. The first-order chi connectivity index (χ1) is 9.13. The summed E-state index contributed by atoms with van der Waals surface area (Å²) < 4.78 is 0. The van der Waals surface area contributed by atoms with Crippen LogP contribution in [0.2, 0.25) is 0 Å². The first-order valence-electron chi connectivity index (χ1n) is 6.86. The van der Waals surface area contributed by atoms with Gasteiger partial charge in [-0.15, -0.1) is 0 Å². The maximum absolute atomic E-state index is 12.5. The molecule has 1 unspecified atom stereocenters. The van der Waals surface area contributed by atoms with Gasteiger partial charge in [0.15, 0.2) is 0 Å². The molecule has 1 aliphatic rings. The molecule has 1 fully saturated rings. The van der Waals surface area contributed by atoms with Crippen molar-refractivity contribution in [3.05, 3.63) is 29.3 Å². The molecule has 0 spiro atoms. The normalized spacial score (nSPS) is 19.5. The Kier molecular flexibility index (Phi) is 4.43. The summed E-state index contributed by atoms with van der Waals surface area (Å²) in [7, 11) is 1.94. The number of nitrogens with one attached hydrogen (secondary N) is 1. The third-order valence-corrected chi connectivity index (χ3v) is 3.77. The maximum Gasteiger partial charge on any atom is 0.257 e. The fraction of sp³-hybridized carbons (Fsp3) is 0.533. The van der Waals surface area contributed by atoms with Crippen molar-refractivity contribution in [2.45, 2.75) is 19.8 Å². The number of para-hydroxylation sites is 1. The van der Waals surface area contributed by atoms with Crippen LogP contribution in [0.4, 0.5) is 0 Å². The van der Waals surface area contributed by atoms with Crippen LogP contribution in [0.15, 0.2) is 18.2 Å². The van der Waals surface area contributed by atoms with E-state index in [1.807, 2.05) is 31.0 Å². The van der Waals surface area contributed by atoms with Crippen LogP contribution in [0.1, 0.15) is 28.8 Å². The number of carbonyl (C=O) groups excluding carboxylic acids is 1. The van der Waals surface area contributed by atoms with Crippen LogP contribution in [-0.4, -0.2) is 42.6 Å². The molecule has 1 aromatic carbocycles. The van der Waals surface area contributed by atoms with E-state index >= 15 is 0 Å². The van der Waals surface area contributed by atoms with Gasteiger partial charge in [-0.3, -0.25) is 4.79 Å². The van der Waals surface area contributed by atoms with Gasteiger partial charge in [-0.1, -0.05) is 12.1 Å². The number of hydrogen-bond acceptors (Lipinski definition) is 3. The Hall–Kier alpha value is -1.55. The van der Waals surface area contributed by atoms with Gasteiger partial charge in [0.25, 0.3) is 5.91 Å². The molecule has 2 N–H and O–H groups in total. The van der Waals surface area contributed by atoms with Crippen LogP contribution in [0.5, 0.6) is 5.75 Å². The lowest BCUT2D eigenvalue weighted by Gasteiger charge is -2.33. The van der Waals surface area contributed by atoms with Gasteiger partial charge in [0.2, 0.25) is 0 Å². The summed E-state index contributed by atoms with van der Waals surface area (Å²) in [5.41, 5.74) is 1.17. The van der Waals surface area contributed by atoms with Gasteiger partial charge in [-0.2, -0.15) is 0 Å². The van der Waals surface area contributed by atoms with Crippen LogP contribution < -0.4 is 5.32 Å². The Bertz CT molecular complexity index is 457. The molecule has 4 heteroatoms. The summed E-state index contributed by atoms with van der Waals surface area (Å²) in [6.07, 6.45) is 2.19. The number of phenolic OH excluding ortho intramolecular Hbond substituents is 1. The lowest BCUT2D eigenvalue weighted by atomic mass is 9.97. The molecule has 19 heavy (non-hydrogen) atoms. The predicted molar refractivity (Wildman–Crippen MR) is 75.4 cm³/mol. The van der Waals surface area contributed by atoms with E-state index in [1.165, 1.54) is 0 Å². The summed E-state index contributed by atoms with van der Waals surface area (Å²) in [4.78, 5) is 14.3. The van der Waals surface area contributed by atoms with E-state index in [4.69, 9.17) is 0 Å². The van der Waals surface area contributed by atoms with E-state index < -0.39 is 0 Å². The number of rotatable bonds is 3. The average Bonchev–Trinajstić information content (AvgIpc) is 2.42. The number of nitrogens with zero attached hydrogens (tertiary/aromatic N) is 1. The SMILES string of the molecule is CNCC1CCCN(C(=O)c2cccc(C)c2O)C1. The summed E-state index contributed by atoms with van der Waals surface area (Å²) in [6, 6.07) is 5.33. The number of carbonyl (C=O) groups is 1. The monoisotopic (exact) mass is 262 g/mol. The molecule has 2 rings (SSSR count). The lowest BCUT2D eigenvalue weighted by Crippen LogP contribution is -2.42. The smallest absolute Gasteiger partial charge is 0.257 e. The Labute approximate surface area is 114 Å². The van der Waals surface area contributed by atoms with Crippen molar-refractivity contribution >= 4 is 5.91 Å². The third kappa shape index (κ3) is 3.07. The first-order valence-corrected chi connectivity index (χ1v) is 6.86. The van der Waals surface area contributed by atoms with Crippen molar-refractivity contribution in [3.63, 3.8) is 0 Å². The molecule has 4 nitrogen and oxygen atoms in total. The second-order valence-electron chi connectivity index (χ2n) is 5.29. The quantitative estimate of drug-likeness (QED) is 0.873. The standard InChI is InChI=1S/C15H22N2O2/c1-11-5-3-7-13(14(11)18)15(19)17-8-4-6-12(10-17)9-16-2/h3,5,7,12,16,18H,4,6,8-10H2,1-2H3. The fourth-order valence-corrected chi connectivity index (χ4v) is 2.71. The highest BCUT2D eigenvalue weighted by atomic mass is 16.3. The zero-order chi connectivity index (χ0) is 13.8. The molecule has 1 heterocycles. The van der Waals surface area contributed by atoms with Crippen LogP contribution >= 0.6 is 0 Å². The minimum absolute atomic E-state index is 0.0537. The molecule has 0 aromatic heterocycles. The van der Waals surface area contributed by atoms with Gasteiger partial charge < -0.3 is 15.3 Å². The zero-order valence-corrected chi connectivity index (χ0v) is 11.6. The van der Waals surface area contributed by atoms with Crippen LogP contribution in [0.25, 0.3) is 0 Å². The van der Waals surface area contributed by atoms with E-state index in [-0.39, 0.29) is 11.7 Å². The van der Waals surface area contributed by atoms with Crippen molar-refractivity contribution in [2.75, 3.05) is 26.7 Å². The number of phenols is 1. The minimum Gasteiger partial charge on any atom is -0.507 e. The molecule has 1 aromatic rings. The molecule has 0 radical (unpaired) electrons. The van der Waals surface area contributed by atoms with Crippen molar-refractivity contribution < 1.29 is 9.90 Å². The largest absolute Gasteiger partial charge is 0.507 e. The number of aryl methyl sites for hydroxylation is 1. The van der Waals surface area contributed by atoms with E-state index in [0.717, 1.165) is 38.0 Å². The number of piperidine rings is 1. The number of aromatic hydroxyl groups is 1. The Morgan fingerprint density at radius 1 is 1.53 bits per heavy atom. The number of hydrogen-bond donors (Lipinski definition) is 2. The highest BCUT2D eigenvalue weighted by Crippen LogP contribution is 2.25. The molecule has 0 aliphatic carbocycles. The van der Waals surface area contributed by atoms with E-state index in [2.05, 4.69) is 5.32 Å². The van der Waals surface area contributed by atoms with E-state index in [0.29, 0.717) is 11.5 Å². The highest BCUT2D eigenvalue weighted by Gasteiger charge is 2.25. The zero-order valence-electron chi connectivity index (χ0n) is 11.6. The molecule has 1 atom stereocenters. The van der Waals surface area contributed by atoms with Gasteiger partial charge in [0.05, 0.1) is 5.56 Å². The molecule has 0 bridgehead atoms. The topological polar surface area (TPSA) is 52.6 Å². The van der Waals surface area contributed by atoms with Gasteiger partial charge >= 0.3 is 0 Å². The molecule has 104 valence electrons. The molecule has 1 amide bonds. The lowest BCUT2D eigenvalue weighted by molar-refractivity contribution is 0.0671. The number of benzene rings is 1. The minimum atomic E-state index is -0.0537. The Morgan fingerprint density at radius 2 is 2.32 bits per heavy atom. The number of amides is 1. The van der Waals surface area contributed by atoms with Crippen LogP contribution in [0, 0.1) is 12.8 Å². The summed E-state index contributed by atoms with van der Waals surface area (Å²) >= 11 is 0. The highest BCUT2D eigenvalue weighted by molar-refractivity contribution is 5.97. The second-order valence-corrected chi connectivity index (χ2v) is 5.29. The Balaban J connectivity index is 2.12. The van der Waals surface area contributed by atoms with Crippen LogP contribution in [0.3, 0.4) is 0 Å². The van der Waals surface area contributed by atoms with Crippen molar-refractivity contribution in [1.29, 1.82) is 0 Å². The van der Waals surface area contributed by atoms with Gasteiger partial charge in [-0.05, 0) is 50.9 Å². The predicted octanol–water partition coefficient (Wildman–Crippen LogP) is 1.77. The van der Waals surface area contributed by atoms with Gasteiger partial charge in [0, 0.05) is 13.1 Å². The molecular formula is C15H22N2O2. The average molecular weight is 262 g/mol.